The largest absolute Gasteiger partial charge is 0.354 e. The Morgan fingerprint density at radius 2 is 1.90 bits per heavy atom. The number of carbonyl (C=O) groups excluding carboxylic acids is 1. The summed E-state index contributed by atoms with van der Waals surface area (Å²) >= 11 is 0. The van der Waals surface area contributed by atoms with Crippen LogP contribution in [0.1, 0.15) is 49.8 Å². The number of rotatable bonds is 7. The summed E-state index contributed by atoms with van der Waals surface area (Å²) in [5.74, 6) is 0.0849. The highest BCUT2D eigenvalue weighted by molar-refractivity contribution is 5.76. The maximum atomic E-state index is 11.9. The minimum atomic E-state index is -0.268. The molecule has 0 fully saturated rings. The summed E-state index contributed by atoms with van der Waals surface area (Å²) in [5, 5.41) is 2.96. The maximum Gasteiger partial charge on any atom is 0.220 e. The monoisotopic (exact) mass is 276 g/mol. The topological polar surface area (TPSA) is 55.1 Å². The summed E-state index contributed by atoms with van der Waals surface area (Å²) in [5.41, 5.74) is 9.67. The van der Waals surface area contributed by atoms with Gasteiger partial charge in [0.1, 0.15) is 0 Å². The number of amides is 1. The van der Waals surface area contributed by atoms with E-state index in [1.807, 2.05) is 0 Å². The molecule has 1 amide bonds. The number of benzene rings is 1. The van der Waals surface area contributed by atoms with Crippen molar-refractivity contribution in [1.29, 1.82) is 0 Å². The predicted molar refractivity (Wildman–Crippen MR) is 84.7 cm³/mol. The van der Waals surface area contributed by atoms with E-state index in [0.717, 1.165) is 19.3 Å². The molecule has 20 heavy (non-hydrogen) atoms. The molecular weight excluding hydrogens is 248 g/mol. The molecule has 0 aromatic heterocycles. The summed E-state index contributed by atoms with van der Waals surface area (Å²) in [6.45, 7) is 8.86. The van der Waals surface area contributed by atoms with Crippen LogP contribution in [-0.2, 0) is 11.2 Å². The van der Waals surface area contributed by atoms with Crippen molar-refractivity contribution in [2.75, 3.05) is 6.54 Å². The Kier molecular flexibility index (Phi) is 6.21. The quantitative estimate of drug-likeness (QED) is 0.804. The highest BCUT2D eigenvalue weighted by Crippen LogP contribution is 2.13. The fourth-order valence-corrected chi connectivity index (χ4v) is 2.24. The van der Waals surface area contributed by atoms with Gasteiger partial charge >= 0.3 is 0 Å². The molecule has 112 valence electrons. The fraction of sp³-hybridized carbons (Fsp3) is 0.588. The maximum absolute atomic E-state index is 11.9. The van der Waals surface area contributed by atoms with Crippen molar-refractivity contribution < 1.29 is 4.79 Å². The molecule has 0 heterocycles. The Labute approximate surface area is 122 Å². The van der Waals surface area contributed by atoms with Gasteiger partial charge in [-0.15, -0.1) is 0 Å². The van der Waals surface area contributed by atoms with Crippen LogP contribution in [-0.4, -0.2) is 18.0 Å². The van der Waals surface area contributed by atoms with Crippen molar-refractivity contribution in [3.8, 4) is 0 Å². The van der Waals surface area contributed by atoms with Gasteiger partial charge in [0.05, 0.1) is 0 Å². The van der Waals surface area contributed by atoms with Gasteiger partial charge in [0, 0.05) is 18.5 Å². The number of nitrogens with one attached hydrogen (secondary N) is 1. The van der Waals surface area contributed by atoms with Crippen LogP contribution in [0.4, 0.5) is 0 Å². The van der Waals surface area contributed by atoms with Crippen molar-refractivity contribution in [3.63, 3.8) is 0 Å². The molecule has 0 aliphatic carbocycles. The average Bonchev–Trinajstić information content (AvgIpc) is 2.44. The first-order chi connectivity index (χ1) is 9.40. The number of carbonyl (C=O) groups is 1. The first kappa shape index (κ1) is 16.7. The lowest BCUT2D eigenvalue weighted by molar-refractivity contribution is -0.121. The lowest BCUT2D eigenvalue weighted by Gasteiger charge is -2.26. The van der Waals surface area contributed by atoms with Crippen LogP contribution >= 0.6 is 0 Å². The molecule has 0 spiro atoms. The van der Waals surface area contributed by atoms with Crippen molar-refractivity contribution in [3.05, 3.63) is 34.9 Å². The molecule has 0 unspecified atom stereocenters. The molecule has 0 radical (unpaired) electrons. The van der Waals surface area contributed by atoms with Crippen molar-refractivity contribution in [2.45, 2.75) is 58.9 Å². The van der Waals surface area contributed by atoms with E-state index in [1.165, 1.54) is 16.7 Å². The highest BCUT2D eigenvalue weighted by Gasteiger charge is 2.20. The predicted octanol–water partition coefficient (Wildman–Crippen LogP) is 2.87. The molecule has 0 aliphatic heterocycles. The lowest BCUT2D eigenvalue weighted by atomic mass is 9.94. The molecule has 0 aliphatic rings. The summed E-state index contributed by atoms with van der Waals surface area (Å²) in [4.78, 5) is 11.9. The molecule has 1 aromatic carbocycles. The van der Waals surface area contributed by atoms with Crippen molar-refractivity contribution in [2.24, 2.45) is 5.73 Å². The number of nitrogens with two attached hydrogens (primary N) is 1. The van der Waals surface area contributed by atoms with E-state index in [-0.39, 0.29) is 11.4 Å². The average molecular weight is 276 g/mol. The second kappa shape index (κ2) is 7.44. The van der Waals surface area contributed by atoms with Gasteiger partial charge in [-0.1, -0.05) is 37.6 Å². The molecule has 1 aromatic rings. The minimum Gasteiger partial charge on any atom is -0.354 e. The van der Waals surface area contributed by atoms with Crippen molar-refractivity contribution in [1.82, 2.24) is 5.32 Å². The van der Waals surface area contributed by atoms with Crippen molar-refractivity contribution >= 4 is 5.91 Å². The first-order valence-electron chi connectivity index (χ1n) is 7.52. The fourth-order valence-electron chi connectivity index (χ4n) is 2.24. The standard InChI is InChI=1S/C17H28N2O/c1-5-17(18,6-2)12-19-16(20)10-9-15-8-7-13(3)11-14(15)4/h7-8,11H,5-6,9-10,12,18H2,1-4H3,(H,19,20). The Bertz CT molecular complexity index is 450. The first-order valence-corrected chi connectivity index (χ1v) is 7.52. The third kappa shape index (κ3) is 4.97. The second-order valence-electron chi connectivity index (χ2n) is 5.78. The summed E-state index contributed by atoms with van der Waals surface area (Å²) in [7, 11) is 0. The zero-order chi connectivity index (χ0) is 15.2. The Hall–Kier alpha value is -1.35. The van der Waals surface area contributed by atoms with Gasteiger partial charge in [-0.3, -0.25) is 4.79 Å². The Morgan fingerprint density at radius 3 is 2.45 bits per heavy atom. The molecule has 3 nitrogen and oxygen atoms in total. The van der Waals surface area contributed by atoms with Crippen LogP contribution in [0.3, 0.4) is 0 Å². The van der Waals surface area contributed by atoms with E-state index in [4.69, 9.17) is 5.73 Å². The summed E-state index contributed by atoms with van der Waals surface area (Å²) in [6, 6.07) is 6.37. The number of hydrogen-bond donors (Lipinski definition) is 2. The SMILES string of the molecule is CCC(N)(CC)CNC(=O)CCc1ccc(C)cc1C. The van der Waals surface area contributed by atoms with Crippen LogP contribution in [0.25, 0.3) is 0 Å². The van der Waals surface area contributed by atoms with E-state index < -0.39 is 0 Å². The normalized spacial score (nSPS) is 11.4. The van der Waals surface area contributed by atoms with Gasteiger partial charge in [0.2, 0.25) is 5.91 Å². The third-order valence-corrected chi connectivity index (χ3v) is 4.17. The van der Waals surface area contributed by atoms with Crippen LogP contribution in [0, 0.1) is 13.8 Å². The summed E-state index contributed by atoms with van der Waals surface area (Å²) < 4.78 is 0. The molecular formula is C17H28N2O. The zero-order valence-corrected chi connectivity index (χ0v) is 13.3. The molecule has 0 bridgehead atoms. The molecule has 0 saturated heterocycles. The van der Waals surface area contributed by atoms with Gasteiger partial charge in [0.25, 0.3) is 0 Å². The number of aryl methyl sites for hydroxylation is 3. The van der Waals surface area contributed by atoms with Gasteiger partial charge in [-0.2, -0.15) is 0 Å². The lowest BCUT2D eigenvalue weighted by Crippen LogP contribution is -2.49. The molecule has 0 atom stereocenters. The second-order valence-corrected chi connectivity index (χ2v) is 5.78. The Morgan fingerprint density at radius 1 is 1.25 bits per heavy atom. The molecule has 3 N–H and O–H groups in total. The third-order valence-electron chi connectivity index (χ3n) is 4.17. The minimum absolute atomic E-state index is 0.0849. The van der Waals surface area contributed by atoms with Gasteiger partial charge < -0.3 is 11.1 Å². The van der Waals surface area contributed by atoms with E-state index in [0.29, 0.717) is 13.0 Å². The van der Waals surface area contributed by atoms with E-state index in [1.54, 1.807) is 0 Å². The Balaban J connectivity index is 2.44. The van der Waals surface area contributed by atoms with Gasteiger partial charge in [0.15, 0.2) is 0 Å². The summed E-state index contributed by atoms with van der Waals surface area (Å²) in [6.07, 6.45) is 3.06. The number of hydrogen-bond acceptors (Lipinski definition) is 2. The molecule has 1 rings (SSSR count). The van der Waals surface area contributed by atoms with Gasteiger partial charge in [-0.25, -0.2) is 0 Å². The van der Waals surface area contributed by atoms with E-state index in [9.17, 15) is 4.79 Å². The van der Waals surface area contributed by atoms with Crippen LogP contribution < -0.4 is 11.1 Å². The molecule has 0 saturated carbocycles. The van der Waals surface area contributed by atoms with Crippen LogP contribution in [0.15, 0.2) is 18.2 Å². The smallest absolute Gasteiger partial charge is 0.220 e. The van der Waals surface area contributed by atoms with Gasteiger partial charge in [-0.05, 0) is 44.2 Å². The highest BCUT2D eigenvalue weighted by atomic mass is 16.1. The molecule has 3 heteroatoms. The van der Waals surface area contributed by atoms with Crippen LogP contribution in [0.2, 0.25) is 0 Å². The van der Waals surface area contributed by atoms with Crippen LogP contribution in [0.5, 0.6) is 0 Å². The zero-order valence-electron chi connectivity index (χ0n) is 13.3. The van der Waals surface area contributed by atoms with E-state index in [2.05, 4.69) is 51.2 Å². The van der Waals surface area contributed by atoms with E-state index >= 15 is 0 Å².